The second-order valence-corrected chi connectivity index (χ2v) is 9.24. The highest BCUT2D eigenvalue weighted by molar-refractivity contribution is 8.10. The molecule has 0 aromatic heterocycles. The Morgan fingerprint density at radius 3 is 2.17 bits per heavy atom. The molecule has 0 fully saturated rings. The van der Waals surface area contributed by atoms with Gasteiger partial charge in [0.15, 0.2) is 0 Å². The second-order valence-electron chi connectivity index (χ2n) is 5.90. The summed E-state index contributed by atoms with van der Waals surface area (Å²) < 4.78 is 25.6. The molecular weight excluding hydrogens is 327 g/mol. The standard InChI is InChI=1S/C18H29O3PS/c1-6-7-13-23-18(14-17-11-9-8-10-12-17)22(19,20-15(2)3)21-16(4)5/h8-12,14-16H,6-7,13H2,1-5H3/b18-14-. The van der Waals surface area contributed by atoms with Gasteiger partial charge in [0.05, 0.1) is 16.9 Å². The van der Waals surface area contributed by atoms with Crippen molar-refractivity contribution in [2.24, 2.45) is 0 Å². The Labute approximate surface area is 145 Å². The van der Waals surface area contributed by atoms with Crippen LogP contribution in [0, 0.1) is 0 Å². The summed E-state index contributed by atoms with van der Waals surface area (Å²) in [5, 5.41) is 0. The van der Waals surface area contributed by atoms with Crippen molar-refractivity contribution in [2.45, 2.75) is 59.7 Å². The van der Waals surface area contributed by atoms with E-state index in [9.17, 15) is 4.57 Å². The molecule has 0 unspecified atom stereocenters. The van der Waals surface area contributed by atoms with Gasteiger partial charge in [0, 0.05) is 0 Å². The summed E-state index contributed by atoms with van der Waals surface area (Å²) >= 11 is 1.58. The van der Waals surface area contributed by atoms with Crippen LogP contribution >= 0.6 is 19.4 Å². The molecule has 0 amide bonds. The van der Waals surface area contributed by atoms with Gasteiger partial charge in [0.1, 0.15) is 0 Å². The Kier molecular flexibility index (Phi) is 9.23. The number of benzene rings is 1. The molecule has 1 aromatic rings. The fraction of sp³-hybridized carbons (Fsp3) is 0.556. The third-order valence-electron chi connectivity index (χ3n) is 2.81. The van der Waals surface area contributed by atoms with Crippen molar-refractivity contribution < 1.29 is 13.6 Å². The SMILES string of the molecule is CCCCS/C(=C\c1ccccc1)P(=O)(OC(C)C)OC(C)C. The Balaban J connectivity index is 3.16. The van der Waals surface area contributed by atoms with Crippen molar-refractivity contribution in [1.29, 1.82) is 0 Å². The van der Waals surface area contributed by atoms with Crippen molar-refractivity contribution in [3.8, 4) is 0 Å². The summed E-state index contributed by atoms with van der Waals surface area (Å²) in [6, 6.07) is 9.90. The van der Waals surface area contributed by atoms with E-state index in [4.69, 9.17) is 9.05 Å². The largest absolute Gasteiger partial charge is 0.368 e. The highest BCUT2D eigenvalue weighted by Gasteiger charge is 2.33. The zero-order chi connectivity index (χ0) is 17.3. The lowest BCUT2D eigenvalue weighted by atomic mass is 10.2. The van der Waals surface area contributed by atoms with Gasteiger partial charge in [-0.3, -0.25) is 4.57 Å². The van der Waals surface area contributed by atoms with Crippen LogP contribution in [0.25, 0.3) is 6.08 Å². The van der Waals surface area contributed by atoms with Crippen LogP contribution in [0.2, 0.25) is 0 Å². The lowest BCUT2D eigenvalue weighted by Gasteiger charge is -2.24. The Morgan fingerprint density at radius 2 is 1.70 bits per heavy atom. The van der Waals surface area contributed by atoms with Crippen molar-refractivity contribution >= 4 is 25.4 Å². The molecule has 23 heavy (non-hydrogen) atoms. The van der Waals surface area contributed by atoms with E-state index in [0.29, 0.717) is 4.65 Å². The first-order chi connectivity index (χ1) is 10.9. The van der Waals surface area contributed by atoms with E-state index in [1.54, 1.807) is 11.8 Å². The van der Waals surface area contributed by atoms with E-state index in [2.05, 4.69) is 6.92 Å². The van der Waals surface area contributed by atoms with Crippen molar-refractivity contribution in [2.75, 3.05) is 5.75 Å². The lowest BCUT2D eigenvalue weighted by molar-refractivity contribution is 0.149. The first-order valence-corrected chi connectivity index (χ1v) is 10.8. The zero-order valence-electron chi connectivity index (χ0n) is 14.8. The van der Waals surface area contributed by atoms with E-state index < -0.39 is 7.60 Å². The summed E-state index contributed by atoms with van der Waals surface area (Å²) in [4.78, 5) is 0. The number of unbranched alkanes of at least 4 members (excludes halogenated alkanes) is 1. The summed E-state index contributed by atoms with van der Waals surface area (Å²) in [6.07, 6.45) is 3.79. The van der Waals surface area contributed by atoms with E-state index >= 15 is 0 Å². The highest BCUT2D eigenvalue weighted by atomic mass is 32.2. The van der Waals surface area contributed by atoms with Gasteiger partial charge in [0.2, 0.25) is 0 Å². The van der Waals surface area contributed by atoms with Crippen LogP contribution in [0.4, 0.5) is 0 Å². The number of hydrogen-bond acceptors (Lipinski definition) is 4. The molecule has 0 spiro atoms. The third kappa shape index (κ3) is 7.71. The van der Waals surface area contributed by atoms with Gasteiger partial charge in [-0.2, -0.15) is 0 Å². The molecule has 1 aromatic carbocycles. The summed E-state index contributed by atoms with van der Waals surface area (Å²) in [7, 11) is -3.32. The molecule has 0 bridgehead atoms. The maximum Gasteiger partial charge on any atom is 0.368 e. The maximum atomic E-state index is 13.4. The van der Waals surface area contributed by atoms with E-state index in [1.165, 1.54) is 0 Å². The molecule has 0 heterocycles. The quantitative estimate of drug-likeness (QED) is 0.351. The van der Waals surface area contributed by atoms with Gasteiger partial charge < -0.3 is 9.05 Å². The summed E-state index contributed by atoms with van der Waals surface area (Å²) in [5.74, 6) is 0.905. The molecule has 0 N–H and O–H groups in total. The van der Waals surface area contributed by atoms with Crippen LogP contribution in [0.1, 0.15) is 53.0 Å². The zero-order valence-corrected chi connectivity index (χ0v) is 16.5. The van der Waals surface area contributed by atoms with Gasteiger partial charge in [-0.1, -0.05) is 43.7 Å². The van der Waals surface area contributed by atoms with Crippen molar-refractivity contribution in [1.82, 2.24) is 0 Å². The molecule has 5 heteroatoms. The number of thioether (sulfide) groups is 1. The lowest BCUT2D eigenvalue weighted by Crippen LogP contribution is -2.08. The molecule has 0 saturated heterocycles. The van der Waals surface area contributed by atoms with Crippen LogP contribution in [-0.4, -0.2) is 18.0 Å². The van der Waals surface area contributed by atoms with Gasteiger partial charge in [0.25, 0.3) is 0 Å². The molecule has 0 atom stereocenters. The number of rotatable bonds is 10. The van der Waals surface area contributed by atoms with Crippen molar-refractivity contribution in [3.63, 3.8) is 0 Å². The molecule has 0 saturated carbocycles. The molecule has 0 aliphatic heterocycles. The average Bonchev–Trinajstić information content (AvgIpc) is 2.45. The Morgan fingerprint density at radius 1 is 1.13 bits per heavy atom. The molecule has 1 rings (SSSR count). The normalized spacial score (nSPS) is 13.1. The average molecular weight is 356 g/mol. The predicted octanol–water partition coefficient (Wildman–Crippen LogP) is 6.56. The first kappa shape index (κ1) is 20.5. The molecular formula is C18H29O3PS. The van der Waals surface area contributed by atoms with E-state index in [-0.39, 0.29) is 12.2 Å². The van der Waals surface area contributed by atoms with E-state index in [1.807, 2.05) is 64.1 Å². The third-order valence-corrected chi connectivity index (χ3v) is 6.84. The van der Waals surface area contributed by atoms with Crippen molar-refractivity contribution in [3.05, 3.63) is 40.5 Å². The molecule has 0 radical (unpaired) electrons. The van der Waals surface area contributed by atoms with Crippen LogP contribution in [0.15, 0.2) is 35.0 Å². The number of hydrogen-bond donors (Lipinski definition) is 0. The Bertz CT molecular complexity index is 512. The predicted molar refractivity (Wildman–Crippen MR) is 102 cm³/mol. The van der Waals surface area contributed by atoms with Gasteiger partial charge in [-0.25, -0.2) is 0 Å². The van der Waals surface area contributed by atoms with Gasteiger partial charge in [-0.15, -0.1) is 11.8 Å². The van der Waals surface area contributed by atoms with Gasteiger partial charge >= 0.3 is 7.60 Å². The molecule has 130 valence electrons. The van der Waals surface area contributed by atoms with Crippen LogP contribution in [0.5, 0.6) is 0 Å². The van der Waals surface area contributed by atoms with E-state index in [0.717, 1.165) is 24.2 Å². The Hall–Kier alpha value is -0.540. The second kappa shape index (κ2) is 10.4. The van der Waals surface area contributed by atoms with Crippen LogP contribution < -0.4 is 0 Å². The molecule has 0 aliphatic rings. The first-order valence-electron chi connectivity index (χ1n) is 8.24. The maximum absolute atomic E-state index is 13.4. The topological polar surface area (TPSA) is 35.5 Å². The van der Waals surface area contributed by atoms with Crippen LogP contribution in [0.3, 0.4) is 0 Å². The monoisotopic (exact) mass is 356 g/mol. The minimum absolute atomic E-state index is 0.162. The summed E-state index contributed by atoms with van der Waals surface area (Å²) in [6.45, 7) is 9.68. The smallest absolute Gasteiger partial charge is 0.302 e. The molecule has 0 aliphatic carbocycles. The molecule has 3 nitrogen and oxygen atoms in total. The minimum Gasteiger partial charge on any atom is -0.302 e. The van der Waals surface area contributed by atoms with Gasteiger partial charge in [-0.05, 0) is 51.5 Å². The fourth-order valence-electron chi connectivity index (χ4n) is 1.90. The fourth-order valence-corrected chi connectivity index (χ4v) is 5.60. The summed E-state index contributed by atoms with van der Waals surface area (Å²) in [5.41, 5.74) is 1.01. The highest BCUT2D eigenvalue weighted by Crippen LogP contribution is 2.62. The minimum atomic E-state index is -3.32. The van der Waals surface area contributed by atoms with Crippen LogP contribution in [-0.2, 0) is 13.6 Å².